The van der Waals surface area contributed by atoms with Gasteiger partial charge in [0.15, 0.2) is 0 Å². The van der Waals surface area contributed by atoms with Gasteiger partial charge in [-0.3, -0.25) is 4.79 Å². The number of nitrogens with zero attached hydrogens (tertiary/aromatic N) is 1. The van der Waals surface area contributed by atoms with Gasteiger partial charge in [-0.2, -0.15) is 4.31 Å². The third-order valence-corrected chi connectivity index (χ3v) is 5.75. The average molecular weight is 386 g/mol. The summed E-state index contributed by atoms with van der Waals surface area (Å²) in [5, 5.41) is 2.40. The molecule has 1 aromatic carbocycles. The highest BCUT2D eigenvalue weighted by Crippen LogP contribution is 2.28. The van der Waals surface area contributed by atoms with Gasteiger partial charge in [0.25, 0.3) is 9.70 Å². The molecule has 5 nitrogen and oxygen atoms in total. The first kappa shape index (κ1) is 17.8. The number of alkyl halides is 3. The zero-order chi connectivity index (χ0) is 16.4. The standard InChI is InChI=1S/C13H15Cl3N2O3S/c14-13(15,16)12(19)17-10-4-6-11(7-5-10)22(20,21)18-8-2-1-3-9-18/h4-7H,1-3,8-9H2,(H,17,19). The summed E-state index contributed by atoms with van der Waals surface area (Å²) in [6.45, 7) is 1.07. The van der Waals surface area contributed by atoms with E-state index in [9.17, 15) is 13.2 Å². The largest absolute Gasteiger partial charge is 0.322 e. The van der Waals surface area contributed by atoms with Crippen LogP contribution in [0, 0.1) is 0 Å². The van der Waals surface area contributed by atoms with E-state index in [1.165, 1.54) is 28.6 Å². The topological polar surface area (TPSA) is 66.5 Å². The SMILES string of the molecule is O=C(Nc1ccc(S(=O)(=O)N2CCCCC2)cc1)C(Cl)(Cl)Cl. The van der Waals surface area contributed by atoms with Gasteiger partial charge in [-0.15, -0.1) is 0 Å². The summed E-state index contributed by atoms with van der Waals surface area (Å²) in [4.78, 5) is 11.7. The Labute approximate surface area is 144 Å². The smallest absolute Gasteiger partial charge is 0.276 e. The number of benzene rings is 1. The molecule has 1 saturated heterocycles. The molecule has 0 saturated carbocycles. The molecule has 122 valence electrons. The van der Waals surface area contributed by atoms with Gasteiger partial charge in [0.1, 0.15) is 0 Å². The number of amides is 1. The predicted octanol–water partition coefficient (Wildman–Crippen LogP) is 3.17. The molecule has 1 heterocycles. The van der Waals surface area contributed by atoms with E-state index < -0.39 is 19.7 Å². The third kappa shape index (κ3) is 4.26. The van der Waals surface area contributed by atoms with E-state index >= 15 is 0 Å². The predicted molar refractivity (Wildman–Crippen MR) is 88.0 cm³/mol. The molecule has 2 rings (SSSR count). The van der Waals surface area contributed by atoms with Crippen molar-refractivity contribution in [3.8, 4) is 0 Å². The summed E-state index contributed by atoms with van der Waals surface area (Å²) in [6, 6.07) is 5.78. The van der Waals surface area contributed by atoms with Crippen molar-refractivity contribution >= 4 is 56.4 Å². The number of sulfonamides is 1. The molecule has 9 heteroatoms. The molecular formula is C13H15Cl3N2O3S. The second-order valence-electron chi connectivity index (χ2n) is 4.94. The number of hydrogen-bond donors (Lipinski definition) is 1. The Morgan fingerprint density at radius 2 is 1.59 bits per heavy atom. The third-order valence-electron chi connectivity index (χ3n) is 3.32. The lowest BCUT2D eigenvalue weighted by Crippen LogP contribution is -2.35. The number of piperidine rings is 1. The summed E-state index contributed by atoms with van der Waals surface area (Å²) < 4.78 is 24.3. The summed E-state index contributed by atoms with van der Waals surface area (Å²) in [5.41, 5.74) is 0.355. The maximum Gasteiger partial charge on any atom is 0.276 e. The van der Waals surface area contributed by atoms with Crippen LogP contribution in [0.25, 0.3) is 0 Å². The van der Waals surface area contributed by atoms with Gasteiger partial charge in [-0.1, -0.05) is 41.2 Å². The number of carbonyl (C=O) groups is 1. The Balaban J connectivity index is 2.13. The summed E-state index contributed by atoms with van der Waals surface area (Å²) >= 11 is 16.4. The lowest BCUT2D eigenvalue weighted by atomic mass is 10.2. The van der Waals surface area contributed by atoms with Crippen LogP contribution in [0.1, 0.15) is 19.3 Å². The molecule has 1 fully saturated rings. The van der Waals surface area contributed by atoms with E-state index in [2.05, 4.69) is 5.32 Å². The number of hydrogen-bond acceptors (Lipinski definition) is 3. The molecule has 0 unspecified atom stereocenters. The fraction of sp³-hybridized carbons (Fsp3) is 0.462. The van der Waals surface area contributed by atoms with E-state index in [0.717, 1.165) is 19.3 Å². The average Bonchev–Trinajstić information content (AvgIpc) is 2.48. The number of anilines is 1. The molecule has 1 amide bonds. The van der Waals surface area contributed by atoms with Crippen molar-refractivity contribution < 1.29 is 13.2 Å². The number of carbonyl (C=O) groups excluding carboxylic acids is 1. The molecule has 1 aliphatic rings. The lowest BCUT2D eigenvalue weighted by Gasteiger charge is -2.25. The summed E-state index contributed by atoms with van der Waals surface area (Å²) in [6.07, 6.45) is 2.79. The lowest BCUT2D eigenvalue weighted by molar-refractivity contribution is -0.115. The van der Waals surface area contributed by atoms with Gasteiger partial charge in [0.05, 0.1) is 4.90 Å². The summed E-state index contributed by atoms with van der Waals surface area (Å²) in [7, 11) is -3.49. The molecule has 1 aromatic rings. The quantitative estimate of drug-likeness (QED) is 0.813. The van der Waals surface area contributed by atoms with E-state index in [1.54, 1.807) is 0 Å². The van der Waals surface area contributed by atoms with Crippen LogP contribution in [0.4, 0.5) is 5.69 Å². The van der Waals surface area contributed by atoms with Crippen molar-refractivity contribution in [1.82, 2.24) is 4.31 Å². The van der Waals surface area contributed by atoms with Gasteiger partial charge in [0.2, 0.25) is 10.0 Å². The van der Waals surface area contributed by atoms with Gasteiger partial charge in [-0.05, 0) is 37.1 Å². The molecule has 0 aromatic heterocycles. The van der Waals surface area contributed by atoms with Crippen molar-refractivity contribution in [3.05, 3.63) is 24.3 Å². The van der Waals surface area contributed by atoms with E-state index in [0.29, 0.717) is 18.8 Å². The van der Waals surface area contributed by atoms with Crippen LogP contribution in [0.5, 0.6) is 0 Å². The Bertz CT molecular complexity index is 635. The first-order chi connectivity index (χ1) is 10.2. The number of halogens is 3. The zero-order valence-corrected chi connectivity index (χ0v) is 14.6. The Hall–Kier alpha value is -0.530. The highest BCUT2D eigenvalue weighted by atomic mass is 35.6. The van der Waals surface area contributed by atoms with Crippen LogP contribution in [0.3, 0.4) is 0 Å². The minimum absolute atomic E-state index is 0.182. The van der Waals surface area contributed by atoms with Crippen LogP contribution in [0.15, 0.2) is 29.2 Å². The highest BCUT2D eigenvalue weighted by Gasteiger charge is 2.31. The molecular weight excluding hydrogens is 371 g/mol. The van der Waals surface area contributed by atoms with E-state index in [-0.39, 0.29) is 4.90 Å². The van der Waals surface area contributed by atoms with Crippen LogP contribution in [0.2, 0.25) is 0 Å². The highest BCUT2D eigenvalue weighted by molar-refractivity contribution is 7.89. The molecule has 1 N–H and O–H groups in total. The van der Waals surface area contributed by atoms with Gasteiger partial charge < -0.3 is 5.32 Å². The van der Waals surface area contributed by atoms with Crippen molar-refractivity contribution in [2.75, 3.05) is 18.4 Å². The van der Waals surface area contributed by atoms with Gasteiger partial charge in [0, 0.05) is 18.8 Å². The minimum atomic E-state index is -3.49. The van der Waals surface area contributed by atoms with Gasteiger partial charge in [-0.25, -0.2) is 8.42 Å². The summed E-state index contributed by atoms with van der Waals surface area (Å²) in [5.74, 6) is -0.802. The van der Waals surface area contributed by atoms with Crippen molar-refractivity contribution in [1.29, 1.82) is 0 Å². The van der Waals surface area contributed by atoms with E-state index in [4.69, 9.17) is 34.8 Å². The normalized spacial score (nSPS) is 17.2. The Morgan fingerprint density at radius 3 is 2.09 bits per heavy atom. The van der Waals surface area contributed by atoms with Crippen molar-refractivity contribution in [2.24, 2.45) is 0 Å². The minimum Gasteiger partial charge on any atom is -0.322 e. The first-order valence-electron chi connectivity index (χ1n) is 6.69. The molecule has 0 bridgehead atoms. The number of nitrogens with one attached hydrogen (secondary N) is 1. The molecule has 0 radical (unpaired) electrons. The van der Waals surface area contributed by atoms with Crippen LogP contribution in [-0.4, -0.2) is 35.5 Å². The molecule has 1 aliphatic heterocycles. The Kier molecular flexibility index (Phi) is 5.61. The second kappa shape index (κ2) is 6.93. The maximum atomic E-state index is 12.5. The molecule has 22 heavy (non-hydrogen) atoms. The molecule has 0 aliphatic carbocycles. The fourth-order valence-electron chi connectivity index (χ4n) is 2.17. The number of rotatable bonds is 3. The fourth-order valence-corrected chi connectivity index (χ4v) is 3.83. The van der Waals surface area contributed by atoms with Crippen LogP contribution in [-0.2, 0) is 14.8 Å². The monoisotopic (exact) mass is 384 g/mol. The maximum absolute atomic E-state index is 12.5. The van der Waals surface area contributed by atoms with Crippen molar-refractivity contribution in [3.63, 3.8) is 0 Å². The van der Waals surface area contributed by atoms with Crippen LogP contribution < -0.4 is 5.32 Å². The van der Waals surface area contributed by atoms with Crippen LogP contribution >= 0.6 is 34.8 Å². The first-order valence-corrected chi connectivity index (χ1v) is 9.27. The van der Waals surface area contributed by atoms with Crippen molar-refractivity contribution in [2.45, 2.75) is 28.0 Å². The zero-order valence-electron chi connectivity index (χ0n) is 11.6. The van der Waals surface area contributed by atoms with E-state index in [1.807, 2.05) is 0 Å². The Morgan fingerprint density at radius 1 is 1.05 bits per heavy atom. The molecule has 0 atom stereocenters. The second-order valence-corrected chi connectivity index (χ2v) is 9.16. The molecule has 0 spiro atoms. The van der Waals surface area contributed by atoms with Gasteiger partial charge >= 0.3 is 0 Å².